The van der Waals surface area contributed by atoms with E-state index in [9.17, 15) is 8.42 Å². The van der Waals surface area contributed by atoms with Crippen LogP contribution in [0.4, 0.5) is 5.69 Å². The predicted molar refractivity (Wildman–Crippen MR) is 75.9 cm³/mol. The minimum Gasteiger partial charge on any atom is -0.399 e. The molecule has 1 heterocycles. The second-order valence-corrected chi connectivity index (χ2v) is 7.22. The van der Waals surface area contributed by atoms with E-state index in [1.54, 1.807) is 18.2 Å². The van der Waals surface area contributed by atoms with Crippen LogP contribution in [0, 0.1) is 6.92 Å². The molecule has 1 atom stereocenters. The zero-order valence-electron chi connectivity index (χ0n) is 11.3. The van der Waals surface area contributed by atoms with Crippen LogP contribution in [0.15, 0.2) is 23.1 Å². The van der Waals surface area contributed by atoms with Crippen molar-refractivity contribution < 1.29 is 13.2 Å². The molecule has 2 N–H and O–H groups in total. The number of nitrogens with two attached hydrogens (primary N) is 1. The van der Waals surface area contributed by atoms with Gasteiger partial charge < -0.3 is 10.5 Å². The van der Waals surface area contributed by atoms with Gasteiger partial charge in [0.2, 0.25) is 0 Å². The highest BCUT2D eigenvalue weighted by Gasteiger charge is 2.19. The van der Waals surface area contributed by atoms with E-state index in [1.165, 1.54) is 0 Å². The molecule has 0 spiro atoms. The number of benzene rings is 1. The molecule has 0 radical (unpaired) electrons. The van der Waals surface area contributed by atoms with Crippen molar-refractivity contribution in [1.29, 1.82) is 0 Å². The Morgan fingerprint density at radius 3 is 2.84 bits per heavy atom. The number of aryl methyl sites for hydroxylation is 1. The summed E-state index contributed by atoms with van der Waals surface area (Å²) in [7, 11) is -3.20. The number of sulfone groups is 1. The van der Waals surface area contributed by atoms with Crippen LogP contribution in [-0.2, 0) is 14.6 Å². The number of rotatable bonds is 5. The lowest BCUT2D eigenvalue weighted by Crippen LogP contribution is -2.11. The molecule has 4 nitrogen and oxygen atoms in total. The first-order valence-corrected chi connectivity index (χ1v) is 8.35. The maximum absolute atomic E-state index is 12.2. The summed E-state index contributed by atoms with van der Waals surface area (Å²) in [5, 5.41) is 0. The van der Waals surface area contributed by atoms with Crippen LogP contribution < -0.4 is 5.73 Å². The molecule has 1 aromatic rings. The smallest absolute Gasteiger partial charge is 0.178 e. The van der Waals surface area contributed by atoms with Gasteiger partial charge in [-0.25, -0.2) is 8.42 Å². The van der Waals surface area contributed by atoms with Gasteiger partial charge in [0, 0.05) is 12.3 Å². The van der Waals surface area contributed by atoms with Crippen LogP contribution in [0.2, 0.25) is 0 Å². The molecule has 1 unspecified atom stereocenters. The molecule has 1 aliphatic heterocycles. The first-order chi connectivity index (χ1) is 8.99. The molecular weight excluding hydrogens is 262 g/mol. The van der Waals surface area contributed by atoms with Gasteiger partial charge in [-0.2, -0.15) is 0 Å². The molecule has 1 saturated heterocycles. The van der Waals surface area contributed by atoms with E-state index in [4.69, 9.17) is 10.5 Å². The Hall–Kier alpha value is -1.07. The molecular formula is C14H21NO3S. The Balaban J connectivity index is 1.95. The van der Waals surface area contributed by atoms with Gasteiger partial charge in [0.15, 0.2) is 9.84 Å². The number of anilines is 1. The Bertz CT molecular complexity index is 534. The maximum atomic E-state index is 12.2. The van der Waals surface area contributed by atoms with E-state index in [2.05, 4.69) is 0 Å². The summed E-state index contributed by atoms with van der Waals surface area (Å²) in [6.07, 6.45) is 3.88. The highest BCUT2D eigenvalue weighted by Crippen LogP contribution is 2.21. The first kappa shape index (κ1) is 14.3. The Morgan fingerprint density at radius 2 is 2.21 bits per heavy atom. The third kappa shape index (κ3) is 3.70. The lowest BCUT2D eigenvalue weighted by molar-refractivity contribution is 0.104. The van der Waals surface area contributed by atoms with Crippen molar-refractivity contribution >= 4 is 15.5 Å². The number of hydrogen-bond acceptors (Lipinski definition) is 4. The van der Waals surface area contributed by atoms with Crippen LogP contribution in [0.5, 0.6) is 0 Å². The second kappa shape index (κ2) is 5.92. The molecule has 106 valence electrons. The maximum Gasteiger partial charge on any atom is 0.178 e. The summed E-state index contributed by atoms with van der Waals surface area (Å²) in [5.74, 6) is 0.177. The summed E-state index contributed by atoms with van der Waals surface area (Å²) in [6.45, 7) is 2.63. The van der Waals surface area contributed by atoms with Crippen molar-refractivity contribution in [2.45, 2.75) is 43.6 Å². The fraction of sp³-hybridized carbons (Fsp3) is 0.571. The van der Waals surface area contributed by atoms with Gasteiger partial charge in [-0.3, -0.25) is 0 Å². The number of ether oxygens (including phenoxy) is 1. The molecule has 5 heteroatoms. The number of nitrogen functional groups attached to an aromatic ring is 1. The quantitative estimate of drug-likeness (QED) is 0.842. The molecule has 1 aromatic carbocycles. The fourth-order valence-corrected chi connectivity index (χ4v) is 3.75. The van der Waals surface area contributed by atoms with Gasteiger partial charge >= 0.3 is 0 Å². The van der Waals surface area contributed by atoms with Crippen molar-refractivity contribution in [3.8, 4) is 0 Å². The number of hydrogen-bond donors (Lipinski definition) is 1. The minimum atomic E-state index is -3.20. The van der Waals surface area contributed by atoms with E-state index in [0.717, 1.165) is 31.4 Å². The van der Waals surface area contributed by atoms with E-state index >= 15 is 0 Å². The highest BCUT2D eigenvalue weighted by atomic mass is 32.2. The van der Waals surface area contributed by atoms with Crippen molar-refractivity contribution in [2.75, 3.05) is 18.1 Å². The highest BCUT2D eigenvalue weighted by molar-refractivity contribution is 7.91. The minimum absolute atomic E-state index is 0.177. The summed E-state index contributed by atoms with van der Waals surface area (Å²) in [4.78, 5) is 0.367. The molecule has 0 aliphatic carbocycles. The summed E-state index contributed by atoms with van der Waals surface area (Å²) >= 11 is 0. The molecule has 1 fully saturated rings. The molecule has 0 saturated carbocycles. The molecule has 2 rings (SSSR count). The van der Waals surface area contributed by atoms with E-state index in [0.29, 0.717) is 17.0 Å². The largest absolute Gasteiger partial charge is 0.399 e. The van der Waals surface area contributed by atoms with Crippen molar-refractivity contribution in [1.82, 2.24) is 0 Å². The summed E-state index contributed by atoms with van der Waals surface area (Å²) < 4.78 is 29.9. The van der Waals surface area contributed by atoms with Crippen LogP contribution in [0.3, 0.4) is 0 Å². The second-order valence-electron chi connectivity index (χ2n) is 5.11. The van der Waals surface area contributed by atoms with Gasteiger partial charge in [-0.15, -0.1) is 0 Å². The fourth-order valence-electron chi connectivity index (χ4n) is 2.33. The van der Waals surface area contributed by atoms with Gasteiger partial charge in [0.1, 0.15) is 0 Å². The monoisotopic (exact) mass is 283 g/mol. The van der Waals surface area contributed by atoms with Gasteiger partial charge in [0.25, 0.3) is 0 Å². The zero-order chi connectivity index (χ0) is 13.9. The van der Waals surface area contributed by atoms with Crippen LogP contribution >= 0.6 is 0 Å². The van der Waals surface area contributed by atoms with E-state index in [1.807, 2.05) is 6.92 Å². The van der Waals surface area contributed by atoms with E-state index in [-0.39, 0.29) is 11.9 Å². The van der Waals surface area contributed by atoms with Crippen LogP contribution in [0.1, 0.15) is 31.2 Å². The van der Waals surface area contributed by atoms with E-state index < -0.39 is 9.84 Å². The molecule has 1 aliphatic rings. The molecule has 19 heavy (non-hydrogen) atoms. The van der Waals surface area contributed by atoms with Crippen LogP contribution in [0.25, 0.3) is 0 Å². The zero-order valence-corrected chi connectivity index (χ0v) is 12.1. The molecule has 0 bridgehead atoms. The third-order valence-electron chi connectivity index (χ3n) is 3.56. The van der Waals surface area contributed by atoms with Crippen LogP contribution in [-0.4, -0.2) is 26.9 Å². The average molecular weight is 283 g/mol. The lowest BCUT2D eigenvalue weighted by atomic mass is 10.1. The average Bonchev–Trinajstić information content (AvgIpc) is 2.85. The lowest BCUT2D eigenvalue weighted by Gasteiger charge is -2.10. The SMILES string of the molecule is Cc1cc(S(=O)(=O)CCCC2CCCO2)ccc1N. The Labute approximate surface area is 114 Å². The summed E-state index contributed by atoms with van der Waals surface area (Å²) in [6, 6.07) is 4.89. The summed E-state index contributed by atoms with van der Waals surface area (Å²) in [5.41, 5.74) is 7.13. The standard InChI is InChI=1S/C14H21NO3S/c1-11-10-13(6-7-14(11)15)19(16,17)9-3-5-12-4-2-8-18-12/h6-7,10,12H,2-5,8-9,15H2,1H3. The normalized spacial score (nSPS) is 19.7. The first-order valence-electron chi connectivity index (χ1n) is 6.69. The molecule has 0 aromatic heterocycles. The topological polar surface area (TPSA) is 69.4 Å². The van der Waals surface area contributed by atoms with Crippen molar-refractivity contribution in [3.63, 3.8) is 0 Å². The van der Waals surface area contributed by atoms with Crippen molar-refractivity contribution in [3.05, 3.63) is 23.8 Å². The Morgan fingerprint density at radius 1 is 1.42 bits per heavy atom. The molecule has 0 amide bonds. The van der Waals surface area contributed by atoms with Gasteiger partial charge in [0.05, 0.1) is 16.8 Å². The van der Waals surface area contributed by atoms with Gasteiger partial charge in [-0.05, 0) is 56.4 Å². The van der Waals surface area contributed by atoms with Gasteiger partial charge in [-0.1, -0.05) is 0 Å². The third-order valence-corrected chi connectivity index (χ3v) is 5.36. The van der Waals surface area contributed by atoms with Crippen molar-refractivity contribution in [2.24, 2.45) is 0 Å². The predicted octanol–water partition coefficient (Wildman–Crippen LogP) is 2.31. The Kier molecular flexibility index (Phi) is 4.47.